The van der Waals surface area contributed by atoms with Crippen molar-refractivity contribution in [2.75, 3.05) is 18.6 Å². The maximum atomic E-state index is 11.5. The second-order valence-electron chi connectivity index (χ2n) is 3.36. The lowest BCUT2D eigenvalue weighted by Crippen LogP contribution is -2.33. The fourth-order valence-electron chi connectivity index (χ4n) is 1.16. The molecule has 0 radical (unpaired) electrons. The van der Waals surface area contributed by atoms with Crippen molar-refractivity contribution < 1.29 is 8.42 Å². The quantitative estimate of drug-likeness (QED) is 0.682. The molecule has 3 nitrogen and oxygen atoms in total. The fraction of sp³-hybridized carbons (Fsp3) is 1.00. The first-order chi connectivity index (χ1) is 6.05. The van der Waals surface area contributed by atoms with Crippen molar-refractivity contribution in [1.29, 1.82) is 0 Å². The second kappa shape index (κ2) is 6.38. The Morgan fingerprint density at radius 3 is 2.31 bits per heavy atom. The highest BCUT2D eigenvalue weighted by atomic mass is 32.2. The Kier molecular flexibility index (Phi) is 6.33. The number of sulfone groups is 1. The van der Waals surface area contributed by atoms with Crippen LogP contribution in [0.1, 0.15) is 33.1 Å². The highest BCUT2D eigenvalue weighted by molar-refractivity contribution is 7.91. The van der Waals surface area contributed by atoms with E-state index in [1.807, 2.05) is 20.9 Å². The van der Waals surface area contributed by atoms with Gasteiger partial charge in [-0.2, -0.15) is 0 Å². The zero-order valence-electron chi connectivity index (χ0n) is 8.84. The molecule has 0 aromatic heterocycles. The van der Waals surface area contributed by atoms with Crippen LogP contribution in [0.4, 0.5) is 0 Å². The van der Waals surface area contributed by atoms with E-state index in [4.69, 9.17) is 0 Å². The molecule has 13 heavy (non-hydrogen) atoms. The van der Waals surface area contributed by atoms with Crippen LogP contribution in [0.2, 0.25) is 0 Å². The summed E-state index contributed by atoms with van der Waals surface area (Å²) in [6, 6.07) is 0.113. The van der Waals surface area contributed by atoms with Gasteiger partial charge in [-0.1, -0.05) is 20.3 Å². The monoisotopic (exact) mass is 207 g/mol. The summed E-state index contributed by atoms with van der Waals surface area (Å²) in [5, 5.41) is 3.01. The van der Waals surface area contributed by atoms with Crippen LogP contribution in [0.25, 0.3) is 0 Å². The van der Waals surface area contributed by atoms with Gasteiger partial charge < -0.3 is 5.32 Å². The van der Waals surface area contributed by atoms with Crippen molar-refractivity contribution in [3.63, 3.8) is 0 Å². The number of rotatable bonds is 7. The number of nitrogens with one attached hydrogen (secondary N) is 1. The molecule has 0 bridgehead atoms. The molecule has 0 aliphatic heterocycles. The first-order valence-electron chi connectivity index (χ1n) is 4.93. The van der Waals surface area contributed by atoms with Crippen LogP contribution >= 0.6 is 0 Å². The molecule has 80 valence electrons. The van der Waals surface area contributed by atoms with Gasteiger partial charge in [-0.3, -0.25) is 0 Å². The fourth-order valence-corrected chi connectivity index (χ4v) is 3.07. The van der Waals surface area contributed by atoms with Gasteiger partial charge in [0, 0.05) is 6.04 Å². The lowest BCUT2D eigenvalue weighted by atomic mass is 10.3. The van der Waals surface area contributed by atoms with Crippen molar-refractivity contribution in [2.24, 2.45) is 0 Å². The van der Waals surface area contributed by atoms with Gasteiger partial charge in [0.1, 0.15) is 0 Å². The molecule has 0 saturated carbocycles. The molecule has 1 N–H and O–H groups in total. The molecule has 0 spiro atoms. The summed E-state index contributed by atoms with van der Waals surface area (Å²) in [4.78, 5) is 0. The maximum Gasteiger partial charge on any atom is 0.151 e. The van der Waals surface area contributed by atoms with Crippen molar-refractivity contribution in [2.45, 2.75) is 39.2 Å². The third-order valence-electron chi connectivity index (χ3n) is 2.17. The molecule has 0 saturated heterocycles. The Morgan fingerprint density at radius 1 is 1.31 bits per heavy atom. The van der Waals surface area contributed by atoms with E-state index in [0.717, 1.165) is 19.3 Å². The van der Waals surface area contributed by atoms with Gasteiger partial charge >= 0.3 is 0 Å². The van der Waals surface area contributed by atoms with E-state index >= 15 is 0 Å². The summed E-state index contributed by atoms with van der Waals surface area (Å²) in [6.45, 7) is 4.00. The van der Waals surface area contributed by atoms with Crippen LogP contribution < -0.4 is 5.32 Å². The number of hydrogen-bond donors (Lipinski definition) is 1. The van der Waals surface area contributed by atoms with E-state index in [-0.39, 0.29) is 11.8 Å². The molecular weight excluding hydrogens is 186 g/mol. The molecular formula is C9H21NO2S. The molecule has 0 heterocycles. The lowest BCUT2D eigenvalue weighted by molar-refractivity contribution is 0.554. The average molecular weight is 207 g/mol. The highest BCUT2D eigenvalue weighted by Gasteiger charge is 2.15. The van der Waals surface area contributed by atoms with E-state index in [9.17, 15) is 8.42 Å². The van der Waals surface area contributed by atoms with E-state index in [2.05, 4.69) is 5.32 Å². The van der Waals surface area contributed by atoms with Crippen LogP contribution in [-0.2, 0) is 9.84 Å². The van der Waals surface area contributed by atoms with Gasteiger partial charge in [0.25, 0.3) is 0 Å². The van der Waals surface area contributed by atoms with E-state index in [0.29, 0.717) is 5.75 Å². The molecule has 0 aliphatic rings. The average Bonchev–Trinajstić information content (AvgIpc) is 2.11. The molecule has 4 heteroatoms. The topological polar surface area (TPSA) is 46.2 Å². The molecule has 1 unspecified atom stereocenters. The maximum absolute atomic E-state index is 11.5. The standard InChI is InChI=1S/C9H21NO2S/c1-4-6-7-13(11,12)8-9(5-2)10-3/h9-10H,4-8H2,1-3H3. The lowest BCUT2D eigenvalue weighted by Gasteiger charge is -2.13. The minimum Gasteiger partial charge on any atom is -0.316 e. The van der Waals surface area contributed by atoms with Gasteiger partial charge in [-0.05, 0) is 19.9 Å². The summed E-state index contributed by atoms with van der Waals surface area (Å²) in [5.74, 6) is 0.613. The van der Waals surface area contributed by atoms with Crippen molar-refractivity contribution in [1.82, 2.24) is 5.32 Å². The third-order valence-corrected chi connectivity index (χ3v) is 3.99. The van der Waals surface area contributed by atoms with Crippen LogP contribution in [0.3, 0.4) is 0 Å². The smallest absolute Gasteiger partial charge is 0.151 e. The zero-order valence-corrected chi connectivity index (χ0v) is 9.65. The first-order valence-corrected chi connectivity index (χ1v) is 6.75. The molecule has 0 rings (SSSR count). The summed E-state index contributed by atoms with van der Waals surface area (Å²) < 4.78 is 23.0. The van der Waals surface area contributed by atoms with Crippen LogP contribution in [0.5, 0.6) is 0 Å². The van der Waals surface area contributed by atoms with E-state index in [1.54, 1.807) is 0 Å². The van der Waals surface area contributed by atoms with Crippen LogP contribution in [-0.4, -0.2) is 33.0 Å². The summed E-state index contributed by atoms with van der Waals surface area (Å²) in [5.41, 5.74) is 0. The third kappa shape index (κ3) is 6.05. The van der Waals surface area contributed by atoms with Crippen molar-refractivity contribution >= 4 is 9.84 Å². The highest BCUT2D eigenvalue weighted by Crippen LogP contribution is 2.01. The van der Waals surface area contributed by atoms with Crippen LogP contribution in [0, 0.1) is 0 Å². The van der Waals surface area contributed by atoms with Gasteiger partial charge in [-0.15, -0.1) is 0 Å². The summed E-state index contributed by atoms with van der Waals surface area (Å²) in [7, 11) is -1.02. The molecule has 0 aliphatic carbocycles. The van der Waals surface area contributed by atoms with E-state index < -0.39 is 9.84 Å². The molecule has 0 aromatic rings. The van der Waals surface area contributed by atoms with Crippen LogP contribution in [0.15, 0.2) is 0 Å². The zero-order chi connectivity index (χ0) is 10.3. The largest absolute Gasteiger partial charge is 0.316 e. The van der Waals surface area contributed by atoms with Gasteiger partial charge in [0.05, 0.1) is 11.5 Å². The van der Waals surface area contributed by atoms with Gasteiger partial charge in [-0.25, -0.2) is 8.42 Å². The molecule has 1 atom stereocenters. The summed E-state index contributed by atoms with van der Waals surface area (Å²) in [6.07, 6.45) is 2.58. The van der Waals surface area contributed by atoms with Crippen molar-refractivity contribution in [3.05, 3.63) is 0 Å². The van der Waals surface area contributed by atoms with Gasteiger partial charge in [0.2, 0.25) is 0 Å². The first kappa shape index (κ1) is 12.9. The Labute approximate surface area is 81.8 Å². The Morgan fingerprint density at radius 2 is 1.92 bits per heavy atom. The summed E-state index contributed by atoms with van der Waals surface area (Å²) >= 11 is 0. The number of hydrogen-bond acceptors (Lipinski definition) is 3. The molecule has 0 amide bonds. The molecule has 0 fully saturated rings. The number of unbranched alkanes of at least 4 members (excludes halogenated alkanes) is 1. The van der Waals surface area contributed by atoms with Gasteiger partial charge in [0.15, 0.2) is 9.84 Å². The van der Waals surface area contributed by atoms with E-state index in [1.165, 1.54) is 0 Å². The SMILES string of the molecule is CCCCS(=O)(=O)CC(CC)NC. The minimum atomic E-state index is -2.83. The second-order valence-corrected chi connectivity index (χ2v) is 5.59. The van der Waals surface area contributed by atoms with Crippen molar-refractivity contribution in [3.8, 4) is 0 Å². The Bertz CT molecular complexity index is 208. The predicted octanol–water partition coefficient (Wildman–Crippen LogP) is 1.20. The minimum absolute atomic E-state index is 0.113. The predicted molar refractivity (Wildman–Crippen MR) is 56.7 cm³/mol. The Balaban J connectivity index is 4.00. The molecule has 0 aromatic carbocycles. The normalized spacial score (nSPS) is 14.4. The Hall–Kier alpha value is -0.0900.